The molecule has 2 fully saturated rings. The molecule has 1 aliphatic carbocycles. The molecule has 0 aromatic heterocycles. The van der Waals surface area contributed by atoms with Crippen LogP contribution >= 0.6 is 0 Å². The summed E-state index contributed by atoms with van der Waals surface area (Å²) >= 11 is 0. The minimum Gasteiger partial charge on any atom is -0.391 e. The summed E-state index contributed by atoms with van der Waals surface area (Å²) in [7, 11) is 0. The van der Waals surface area contributed by atoms with Crippen LogP contribution in [0.5, 0.6) is 0 Å². The molecule has 0 bridgehead atoms. The highest BCUT2D eigenvalue weighted by atomic mass is 16.3. The summed E-state index contributed by atoms with van der Waals surface area (Å²) in [6, 6.07) is 5.59. The van der Waals surface area contributed by atoms with Crippen LogP contribution < -0.4 is 10.6 Å². The molecule has 148 valence electrons. The van der Waals surface area contributed by atoms with Gasteiger partial charge in [0.05, 0.1) is 6.10 Å². The van der Waals surface area contributed by atoms with Gasteiger partial charge in [0.15, 0.2) is 0 Å². The number of nitrogens with one attached hydrogen (secondary N) is 2. The van der Waals surface area contributed by atoms with E-state index in [4.69, 9.17) is 0 Å². The zero-order valence-corrected chi connectivity index (χ0v) is 16.2. The minimum absolute atomic E-state index is 0.123. The quantitative estimate of drug-likeness (QED) is 0.758. The van der Waals surface area contributed by atoms with Crippen molar-refractivity contribution in [1.29, 1.82) is 0 Å². The van der Waals surface area contributed by atoms with E-state index in [9.17, 15) is 14.7 Å². The third-order valence-corrected chi connectivity index (χ3v) is 5.56. The van der Waals surface area contributed by atoms with E-state index in [1.54, 1.807) is 6.07 Å². The maximum atomic E-state index is 12.7. The van der Waals surface area contributed by atoms with Gasteiger partial charge in [-0.2, -0.15) is 0 Å². The van der Waals surface area contributed by atoms with Gasteiger partial charge in [-0.15, -0.1) is 0 Å². The molecule has 7 nitrogen and oxygen atoms in total. The number of urea groups is 1. The second-order valence-electron chi connectivity index (χ2n) is 7.58. The summed E-state index contributed by atoms with van der Waals surface area (Å²) in [5, 5.41) is 15.9. The molecule has 2 aliphatic rings. The zero-order chi connectivity index (χ0) is 19.4. The van der Waals surface area contributed by atoms with Gasteiger partial charge in [-0.25, -0.2) is 4.79 Å². The Bertz CT molecular complexity index is 686. The number of anilines is 2. The smallest absolute Gasteiger partial charge is 0.321 e. The lowest BCUT2D eigenvalue weighted by atomic mass is 9.91. The number of rotatable bonds is 3. The molecule has 1 saturated heterocycles. The summed E-state index contributed by atoms with van der Waals surface area (Å²) in [6.07, 6.45) is 3.97. The molecular formula is C20H30N4O3. The molecule has 3 rings (SSSR count). The summed E-state index contributed by atoms with van der Waals surface area (Å²) in [5.74, 6) is -0.142. The van der Waals surface area contributed by atoms with E-state index in [2.05, 4.69) is 15.5 Å². The van der Waals surface area contributed by atoms with Crippen LogP contribution in [0.1, 0.15) is 38.2 Å². The number of hydrogen-bond acceptors (Lipinski definition) is 4. The van der Waals surface area contributed by atoms with Gasteiger partial charge in [0.25, 0.3) is 0 Å². The van der Waals surface area contributed by atoms with Crippen molar-refractivity contribution in [2.45, 2.75) is 51.7 Å². The molecule has 7 heteroatoms. The molecule has 27 heavy (non-hydrogen) atoms. The number of aryl methyl sites for hydroxylation is 1. The van der Waals surface area contributed by atoms with Gasteiger partial charge in [0.2, 0.25) is 5.91 Å². The molecule has 1 heterocycles. The van der Waals surface area contributed by atoms with Crippen LogP contribution in [-0.4, -0.2) is 65.2 Å². The molecule has 1 aliphatic heterocycles. The lowest BCUT2D eigenvalue weighted by Gasteiger charge is -2.42. The SMILES string of the molecule is CC(=O)Nc1ccc(C)c(NC(=O)N2CCN(C3CCCCC3O)CC2)c1. The van der Waals surface area contributed by atoms with Crippen molar-refractivity contribution >= 4 is 23.3 Å². The number of hydrogen-bond donors (Lipinski definition) is 3. The Labute approximate surface area is 160 Å². The number of aliphatic hydroxyl groups is 1. The number of aliphatic hydroxyl groups excluding tert-OH is 1. The van der Waals surface area contributed by atoms with Gasteiger partial charge >= 0.3 is 6.03 Å². The Morgan fingerprint density at radius 1 is 1.07 bits per heavy atom. The molecular weight excluding hydrogens is 344 g/mol. The number of carbonyl (C=O) groups is 2. The maximum absolute atomic E-state index is 12.7. The molecule has 2 unspecified atom stereocenters. The molecule has 1 saturated carbocycles. The topological polar surface area (TPSA) is 84.9 Å². The summed E-state index contributed by atoms with van der Waals surface area (Å²) in [6.45, 7) is 6.27. The molecule has 2 atom stereocenters. The van der Waals surface area contributed by atoms with Gasteiger partial charge in [0, 0.05) is 50.5 Å². The van der Waals surface area contributed by atoms with Crippen molar-refractivity contribution in [3.8, 4) is 0 Å². The highest BCUT2D eigenvalue weighted by Gasteiger charge is 2.31. The van der Waals surface area contributed by atoms with Gasteiger partial charge in [0.1, 0.15) is 0 Å². The fourth-order valence-corrected chi connectivity index (χ4v) is 4.01. The summed E-state index contributed by atoms with van der Waals surface area (Å²) < 4.78 is 0. The third-order valence-electron chi connectivity index (χ3n) is 5.56. The minimum atomic E-state index is -0.238. The van der Waals surface area contributed by atoms with Crippen LogP contribution in [0.2, 0.25) is 0 Å². The van der Waals surface area contributed by atoms with Crippen LogP contribution in [0.4, 0.5) is 16.2 Å². The molecule has 3 amide bonds. The Hall–Kier alpha value is -2.12. The van der Waals surface area contributed by atoms with Crippen molar-refractivity contribution in [2.24, 2.45) is 0 Å². The fraction of sp³-hybridized carbons (Fsp3) is 0.600. The van der Waals surface area contributed by atoms with Gasteiger partial charge in [-0.05, 0) is 37.5 Å². The largest absolute Gasteiger partial charge is 0.391 e. The third kappa shape index (κ3) is 4.99. The van der Waals surface area contributed by atoms with Crippen LogP contribution in [0.15, 0.2) is 18.2 Å². The summed E-state index contributed by atoms with van der Waals surface area (Å²) in [5.41, 5.74) is 2.32. The Morgan fingerprint density at radius 2 is 1.78 bits per heavy atom. The fourth-order valence-electron chi connectivity index (χ4n) is 4.01. The van der Waals surface area contributed by atoms with E-state index in [0.717, 1.165) is 37.9 Å². The number of carbonyl (C=O) groups excluding carboxylic acids is 2. The first kappa shape index (κ1) is 19.6. The maximum Gasteiger partial charge on any atom is 0.321 e. The zero-order valence-electron chi connectivity index (χ0n) is 16.2. The highest BCUT2D eigenvalue weighted by molar-refractivity contribution is 5.93. The Morgan fingerprint density at radius 3 is 2.44 bits per heavy atom. The Kier molecular flexibility index (Phi) is 6.34. The van der Waals surface area contributed by atoms with Crippen molar-refractivity contribution in [2.75, 3.05) is 36.8 Å². The van der Waals surface area contributed by atoms with E-state index < -0.39 is 0 Å². The average molecular weight is 374 g/mol. The number of benzene rings is 1. The second-order valence-corrected chi connectivity index (χ2v) is 7.58. The van der Waals surface area contributed by atoms with Crippen molar-refractivity contribution in [1.82, 2.24) is 9.80 Å². The number of nitrogens with zero attached hydrogens (tertiary/aromatic N) is 2. The first-order valence-corrected chi connectivity index (χ1v) is 9.80. The molecule has 0 radical (unpaired) electrons. The van der Waals surface area contributed by atoms with Crippen LogP contribution in [-0.2, 0) is 4.79 Å². The molecule has 1 aromatic carbocycles. The normalized spacial score (nSPS) is 23.7. The van der Waals surface area contributed by atoms with Gasteiger partial charge in [-0.1, -0.05) is 18.9 Å². The molecule has 3 N–H and O–H groups in total. The molecule has 0 spiro atoms. The van der Waals surface area contributed by atoms with Crippen molar-refractivity contribution in [3.63, 3.8) is 0 Å². The number of amides is 3. The monoisotopic (exact) mass is 374 g/mol. The second kappa shape index (κ2) is 8.71. The van der Waals surface area contributed by atoms with E-state index in [1.165, 1.54) is 13.3 Å². The van der Waals surface area contributed by atoms with E-state index in [0.29, 0.717) is 24.5 Å². The lowest BCUT2D eigenvalue weighted by molar-refractivity contribution is -0.114. The van der Waals surface area contributed by atoms with Crippen LogP contribution in [0, 0.1) is 6.92 Å². The molecule has 1 aromatic rings. The number of piperazine rings is 1. The predicted molar refractivity (Wildman–Crippen MR) is 106 cm³/mol. The van der Waals surface area contributed by atoms with Gasteiger partial charge < -0.3 is 20.6 Å². The summed E-state index contributed by atoms with van der Waals surface area (Å²) in [4.78, 5) is 28.0. The first-order valence-electron chi connectivity index (χ1n) is 9.80. The van der Waals surface area contributed by atoms with Crippen molar-refractivity contribution < 1.29 is 14.7 Å². The van der Waals surface area contributed by atoms with Crippen molar-refractivity contribution in [3.05, 3.63) is 23.8 Å². The highest BCUT2D eigenvalue weighted by Crippen LogP contribution is 2.25. The lowest BCUT2D eigenvalue weighted by Crippen LogP contribution is -2.56. The standard InChI is InChI=1S/C20H30N4O3/c1-14-7-8-16(21-15(2)25)13-17(14)22-20(27)24-11-9-23(10-12-24)18-5-3-4-6-19(18)26/h7-8,13,18-19,26H,3-6,9-12H2,1-2H3,(H,21,25)(H,22,27). The van der Waals surface area contributed by atoms with E-state index in [-0.39, 0.29) is 24.1 Å². The first-order chi connectivity index (χ1) is 12.9. The average Bonchev–Trinajstić information content (AvgIpc) is 2.64. The van der Waals surface area contributed by atoms with E-state index >= 15 is 0 Å². The van der Waals surface area contributed by atoms with E-state index in [1.807, 2.05) is 24.0 Å². The van der Waals surface area contributed by atoms with Crippen LogP contribution in [0.25, 0.3) is 0 Å². The predicted octanol–water partition coefficient (Wildman–Crippen LogP) is 2.41. The van der Waals surface area contributed by atoms with Crippen LogP contribution in [0.3, 0.4) is 0 Å². The van der Waals surface area contributed by atoms with Gasteiger partial charge in [-0.3, -0.25) is 9.69 Å². The Balaban J connectivity index is 1.56.